The van der Waals surface area contributed by atoms with E-state index < -0.39 is 128 Å². The molecule has 1 unspecified atom stereocenters. The molecule has 7 atom stereocenters. The first kappa shape index (κ1) is 48.5. The number of ether oxygens (including phenoxy) is 4. The molecule has 0 radical (unpaired) electrons. The quantitative estimate of drug-likeness (QED) is 0.211. The number of aromatic nitrogens is 2. The van der Waals surface area contributed by atoms with Crippen LogP contribution >= 0.6 is 0 Å². The van der Waals surface area contributed by atoms with Crippen molar-refractivity contribution in [1.82, 2.24) is 30.2 Å². The zero-order valence-corrected chi connectivity index (χ0v) is 36.4. The lowest BCUT2D eigenvalue weighted by atomic mass is 9.87. The summed E-state index contributed by atoms with van der Waals surface area (Å²) >= 11 is 0. The van der Waals surface area contributed by atoms with Gasteiger partial charge in [0.1, 0.15) is 23.7 Å². The van der Waals surface area contributed by atoms with Gasteiger partial charge in [-0.05, 0) is 65.2 Å². The second-order valence-electron chi connectivity index (χ2n) is 17.6. The van der Waals surface area contributed by atoms with Crippen molar-refractivity contribution in [2.75, 3.05) is 27.4 Å². The molecule has 3 fully saturated rings. The van der Waals surface area contributed by atoms with Gasteiger partial charge in [-0.25, -0.2) is 27.6 Å². The summed E-state index contributed by atoms with van der Waals surface area (Å²) in [5.41, 5.74) is -7.41. The summed E-state index contributed by atoms with van der Waals surface area (Å²) in [7, 11) is -1.84. The van der Waals surface area contributed by atoms with Gasteiger partial charge in [0.15, 0.2) is 11.6 Å². The zero-order valence-electron chi connectivity index (χ0n) is 35.6. The lowest BCUT2D eigenvalue weighted by Crippen LogP contribution is -2.60. The van der Waals surface area contributed by atoms with Crippen molar-refractivity contribution in [3.05, 3.63) is 35.8 Å². The van der Waals surface area contributed by atoms with E-state index in [4.69, 9.17) is 18.9 Å². The largest absolute Gasteiger partial charge is 0.494 e. The standard InChI is InChI=1S/C40H49F7N6O10S/c1-20-9-7-8-10-22-17-38(22,34(56)52-64(58,59)37(4)11-12-37)51-31(54)27-14-23(62-32-30(39(42,43)44)48-25-15-24(41)28(61-6)16-26(25)49-32)18-53(27)33(55)29(21(13-20)19-60-5)50-35(57)63-36(2,3)40(45,46)47/h8,10,15-16,20-23,27,29H,7,9,11-14,17-19H2,1-6H3,(H,50,57)(H,51,54)(H,52,56)/b10-8-/t20-,21+,22?,23-,27+,29+,38-/m1/s1. The number of fused-ring (bicyclic) bond motifs is 3. The van der Waals surface area contributed by atoms with E-state index in [0.717, 1.165) is 18.1 Å². The highest BCUT2D eigenvalue weighted by atomic mass is 32.2. The number of benzene rings is 1. The molecule has 4 amide bonds. The van der Waals surface area contributed by atoms with Crippen molar-refractivity contribution >= 4 is 44.9 Å². The van der Waals surface area contributed by atoms with E-state index in [1.165, 1.54) is 14.0 Å². The number of sulfonamides is 1. The monoisotopic (exact) mass is 938 g/mol. The molecule has 0 spiro atoms. The number of halogens is 7. The van der Waals surface area contributed by atoms with Gasteiger partial charge in [0, 0.05) is 37.5 Å². The summed E-state index contributed by atoms with van der Waals surface area (Å²) in [6.45, 7) is 3.46. The van der Waals surface area contributed by atoms with Gasteiger partial charge in [-0.1, -0.05) is 19.1 Å². The maximum absolute atomic E-state index is 14.9. The number of allylic oxidation sites excluding steroid dienone is 1. The number of rotatable bonds is 10. The second kappa shape index (κ2) is 17.4. The molecule has 64 heavy (non-hydrogen) atoms. The number of carbonyl (C=O) groups is 4. The van der Waals surface area contributed by atoms with Crippen LogP contribution < -0.4 is 24.8 Å². The van der Waals surface area contributed by atoms with Crippen LogP contribution in [0.1, 0.15) is 78.3 Å². The van der Waals surface area contributed by atoms with Gasteiger partial charge in [-0.15, -0.1) is 0 Å². The van der Waals surface area contributed by atoms with E-state index in [1.807, 2.05) is 0 Å². The van der Waals surface area contributed by atoms with Gasteiger partial charge in [0.25, 0.3) is 5.91 Å². The smallest absolute Gasteiger partial charge is 0.438 e. The van der Waals surface area contributed by atoms with Crippen molar-refractivity contribution in [1.29, 1.82) is 0 Å². The Hall–Kier alpha value is -5.00. The average molecular weight is 939 g/mol. The minimum absolute atomic E-state index is 0.0734. The minimum atomic E-state index is -5.24. The topological polar surface area (TPSA) is 204 Å². The van der Waals surface area contributed by atoms with Crippen molar-refractivity contribution in [3.63, 3.8) is 0 Å². The van der Waals surface area contributed by atoms with Crippen LogP contribution in [0.3, 0.4) is 0 Å². The zero-order chi connectivity index (χ0) is 47.4. The van der Waals surface area contributed by atoms with Crippen LogP contribution in [0, 0.1) is 23.6 Å². The van der Waals surface area contributed by atoms with Gasteiger partial charge in [-0.3, -0.25) is 19.1 Å². The first-order valence-corrected chi connectivity index (χ1v) is 21.8. The number of alkyl halides is 6. The average Bonchev–Trinajstić information content (AvgIpc) is 4.06. The molecule has 24 heteroatoms. The van der Waals surface area contributed by atoms with Crippen LogP contribution in [0.5, 0.6) is 11.6 Å². The minimum Gasteiger partial charge on any atom is -0.494 e. The third-order valence-corrected chi connectivity index (χ3v) is 14.4. The van der Waals surface area contributed by atoms with E-state index in [1.54, 1.807) is 19.1 Å². The fourth-order valence-corrected chi connectivity index (χ4v) is 9.17. The van der Waals surface area contributed by atoms with Gasteiger partial charge >= 0.3 is 18.4 Å². The van der Waals surface area contributed by atoms with Crippen LogP contribution in [-0.2, 0) is 40.1 Å². The van der Waals surface area contributed by atoms with Crippen molar-refractivity contribution < 1.29 is 77.3 Å². The highest BCUT2D eigenvalue weighted by molar-refractivity contribution is 7.91. The van der Waals surface area contributed by atoms with Crippen LogP contribution in [0.15, 0.2) is 24.3 Å². The second-order valence-corrected chi connectivity index (χ2v) is 19.8. The molecule has 0 bridgehead atoms. The molecule has 2 aliphatic carbocycles. The number of alkyl carbamates (subject to hydrolysis) is 1. The fourth-order valence-electron chi connectivity index (χ4n) is 7.86. The number of hydrogen-bond donors (Lipinski definition) is 3. The maximum atomic E-state index is 14.9. The Morgan fingerprint density at radius 1 is 1.03 bits per heavy atom. The number of amides is 4. The molecule has 1 aromatic heterocycles. The van der Waals surface area contributed by atoms with Gasteiger partial charge in [-0.2, -0.15) is 26.3 Å². The molecule has 3 N–H and O–H groups in total. The van der Waals surface area contributed by atoms with Crippen molar-refractivity contribution in [3.8, 4) is 11.6 Å². The van der Waals surface area contributed by atoms with Crippen molar-refractivity contribution in [2.24, 2.45) is 17.8 Å². The Balaban J connectivity index is 1.42. The molecule has 2 aromatic rings. The third-order valence-electron chi connectivity index (χ3n) is 12.2. The summed E-state index contributed by atoms with van der Waals surface area (Å²) in [5.74, 6) is -7.78. The maximum Gasteiger partial charge on any atom is 0.438 e. The Morgan fingerprint density at radius 3 is 2.31 bits per heavy atom. The summed E-state index contributed by atoms with van der Waals surface area (Å²) in [6.07, 6.45) is -9.25. The van der Waals surface area contributed by atoms with Gasteiger partial charge in [0.05, 0.1) is 36.0 Å². The lowest BCUT2D eigenvalue weighted by Gasteiger charge is -2.35. The highest BCUT2D eigenvalue weighted by Crippen LogP contribution is 2.48. The molecule has 354 valence electrons. The summed E-state index contributed by atoms with van der Waals surface area (Å²) < 4.78 is 148. The van der Waals surface area contributed by atoms with E-state index in [-0.39, 0.29) is 49.5 Å². The van der Waals surface area contributed by atoms with E-state index in [0.29, 0.717) is 32.8 Å². The van der Waals surface area contributed by atoms with E-state index >= 15 is 0 Å². The van der Waals surface area contributed by atoms with Crippen molar-refractivity contribution in [2.45, 2.75) is 119 Å². The number of carbonyl (C=O) groups excluding carboxylic acids is 4. The van der Waals surface area contributed by atoms with Gasteiger partial charge < -0.3 is 34.5 Å². The number of nitrogens with zero attached hydrogens (tertiary/aromatic N) is 3. The molecule has 4 aliphatic rings. The Labute approximate surface area is 363 Å². The molecule has 2 saturated carbocycles. The molecular weight excluding hydrogens is 890 g/mol. The number of hydrogen-bond acceptors (Lipinski definition) is 12. The Morgan fingerprint density at radius 2 is 1.70 bits per heavy atom. The predicted octanol–water partition coefficient (Wildman–Crippen LogP) is 5.09. The molecule has 1 aromatic carbocycles. The molecule has 16 nitrogen and oxygen atoms in total. The van der Waals surface area contributed by atoms with E-state index in [2.05, 4.69) is 25.3 Å². The summed E-state index contributed by atoms with van der Waals surface area (Å²) in [6, 6.07) is -1.86. The first-order chi connectivity index (χ1) is 29.6. The molecule has 2 aliphatic heterocycles. The molecule has 3 heterocycles. The van der Waals surface area contributed by atoms with Crippen LogP contribution in [0.25, 0.3) is 11.0 Å². The summed E-state index contributed by atoms with van der Waals surface area (Å²) in [5, 5.41) is 4.82. The Kier molecular flexibility index (Phi) is 13.2. The third kappa shape index (κ3) is 9.96. The van der Waals surface area contributed by atoms with Gasteiger partial charge in [0.2, 0.25) is 39.0 Å². The fraction of sp³-hybridized carbons (Fsp3) is 0.650. The number of methoxy groups -OCH3 is 2. The Bertz CT molecular complexity index is 2310. The summed E-state index contributed by atoms with van der Waals surface area (Å²) in [4.78, 5) is 65.0. The lowest BCUT2D eigenvalue weighted by molar-refractivity contribution is -0.244. The number of nitrogens with one attached hydrogen (secondary N) is 3. The highest BCUT2D eigenvalue weighted by Gasteiger charge is 2.63. The predicted molar refractivity (Wildman–Crippen MR) is 210 cm³/mol. The van der Waals surface area contributed by atoms with Crippen LogP contribution in [0.4, 0.5) is 35.5 Å². The SMILES string of the molecule is COC[C@@H]1C[C@H](C)CC/C=C\C2C[C@@]2(C(=O)NS(=O)(=O)C2(C)CC2)NC(=O)[C@@H]2C[C@@H](Oc3nc4cc(OC)c(F)cc4nc3C(F)(F)F)CN2C(=O)[C@H]1NC(=O)OC(C)(C)C(F)(F)F. The molecular formula is C40H49F7N6O10S. The van der Waals surface area contributed by atoms with E-state index in [9.17, 15) is 58.3 Å². The molecule has 1 saturated heterocycles. The first-order valence-electron chi connectivity index (χ1n) is 20.4. The normalized spacial score (nSPS) is 28.1. The van der Waals surface area contributed by atoms with Crippen LogP contribution in [0.2, 0.25) is 0 Å². The molecule has 6 rings (SSSR count). The van der Waals surface area contributed by atoms with Crippen LogP contribution in [-0.4, -0.2) is 115 Å².